The molecule has 0 aliphatic carbocycles. The second kappa shape index (κ2) is 8.40. The fourth-order valence-electron chi connectivity index (χ4n) is 4.19. The Morgan fingerprint density at radius 3 is 2.65 bits per heavy atom. The molecule has 0 N–H and O–H groups in total. The maximum absolute atomic E-state index is 13.1. The first-order valence-electron chi connectivity index (χ1n) is 10.6. The molecule has 4 heterocycles. The molecule has 1 fully saturated rings. The van der Waals surface area contributed by atoms with E-state index in [1.165, 1.54) is 0 Å². The van der Waals surface area contributed by atoms with E-state index in [1.807, 2.05) is 58.9 Å². The van der Waals surface area contributed by atoms with E-state index in [2.05, 4.69) is 9.88 Å². The van der Waals surface area contributed by atoms with Crippen LogP contribution in [-0.2, 0) is 11.3 Å². The van der Waals surface area contributed by atoms with Crippen LogP contribution in [0.4, 0.5) is 0 Å². The highest BCUT2D eigenvalue weighted by atomic mass is 35.5. The third-order valence-corrected chi connectivity index (χ3v) is 6.19. The van der Waals surface area contributed by atoms with E-state index in [-0.39, 0.29) is 11.8 Å². The number of hydrogen-bond donors (Lipinski definition) is 0. The zero-order valence-corrected chi connectivity index (χ0v) is 18.2. The molecule has 7 nitrogen and oxygen atoms in total. The average Bonchev–Trinajstić information content (AvgIpc) is 3.19. The third kappa shape index (κ3) is 4.20. The van der Waals surface area contributed by atoms with Gasteiger partial charge in [-0.05, 0) is 36.8 Å². The zero-order chi connectivity index (χ0) is 21.4. The van der Waals surface area contributed by atoms with Crippen molar-refractivity contribution in [1.29, 1.82) is 0 Å². The fraction of sp³-hybridized carbons (Fsp3) is 0.391. The predicted molar refractivity (Wildman–Crippen MR) is 118 cm³/mol. The number of fused-ring (bicyclic) bond motifs is 2. The van der Waals surface area contributed by atoms with Crippen molar-refractivity contribution in [3.63, 3.8) is 0 Å². The first-order chi connectivity index (χ1) is 15.1. The van der Waals surface area contributed by atoms with Crippen LogP contribution < -0.4 is 9.47 Å². The van der Waals surface area contributed by atoms with E-state index < -0.39 is 0 Å². The van der Waals surface area contributed by atoms with Crippen molar-refractivity contribution in [1.82, 2.24) is 19.2 Å². The quantitative estimate of drug-likeness (QED) is 0.623. The van der Waals surface area contributed by atoms with Crippen LogP contribution in [0.3, 0.4) is 0 Å². The van der Waals surface area contributed by atoms with Gasteiger partial charge in [0.25, 0.3) is 0 Å². The summed E-state index contributed by atoms with van der Waals surface area (Å²) in [4.78, 5) is 22.0. The van der Waals surface area contributed by atoms with Gasteiger partial charge in [0.15, 0.2) is 11.5 Å². The topological polar surface area (TPSA) is 59.3 Å². The molecule has 0 spiro atoms. The van der Waals surface area contributed by atoms with Crippen LogP contribution in [-0.4, -0.2) is 64.5 Å². The van der Waals surface area contributed by atoms with Gasteiger partial charge in [-0.3, -0.25) is 9.69 Å². The summed E-state index contributed by atoms with van der Waals surface area (Å²) in [5.41, 5.74) is 2.85. The average molecular weight is 441 g/mol. The van der Waals surface area contributed by atoms with Gasteiger partial charge in [0.05, 0.1) is 16.6 Å². The van der Waals surface area contributed by atoms with E-state index in [0.717, 1.165) is 48.0 Å². The first kappa shape index (κ1) is 20.2. The van der Waals surface area contributed by atoms with Crippen LogP contribution in [0.15, 0.2) is 42.7 Å². The molecule has 8 heteroatoms. The van der Waals surface area contributed by atoms with Crippen molar-refractivity contribution >= 4 is 23.2 Å². The van der Waals surface area contributed by atoms with E-state index in [1.54, 1.807) is 0 Å². The highest BCUT2D eigenvalue weighted by molar-refractivity contribution is 6.30. The second-order valence-corrected chi connectivity index (χ2v) is 8.51. The normalized spacial score (nSPS) is 17.7. The minimum atomic E-state index is -0.217. The largest absolute Gasteiger partial charge is 0.486 e. The summed E-state index contributed by atoms with van der Waals surface area (Å²) >= 11 is 6.06. The Hall–Kier alpha value is -2.77. The Kier molecular flexibility index (Phi) is 5.46. The van der Waals surface area contributed by atoms with E-state index in [4.69, 9.17) is 21.1 Å². The van der Waals surface area contributed by atoms with Crippen molar-refractivity contribution in [3.8, 4) is 11.5 Å². The molecule has 0 radical (unpaired) electrons. The van der Waals surface area contributed by atoms with Gasteiger partial charge in [-0.25, -0.2) is 4.98 Å². The Morgan fingerprint density at radius 2 is 1.84 bits per heavy atom. The lowest BCUT2D eigenvalue weighted by Crippen LogP contribution is -2.49. The summed E-state index contributed by atoms with van der Waals surface area (Å²) < 4.78 is 13.2. The number of ether oxygens (including phenoxy) is 2. The van der Waals surface area contributed by atoms with Crippen LogP contribution in [0.5, 0.6) is 11.5 Å². The van der Waals surface area contributed by atoms with Crippen LogP contribution in [0.25, 0.3) is 5.65 Å². The highest BCUT2D eigenvalue weighted by Crippen LogP contribution is 2.33. The van der Waals surface area contributed by atoms with Crippen molar-refractivity contribution < 1.29 is 14.3 Å². The molecule has 162 valence electrons. The molecule has 1 atom stereocenters. The number of hydrogen-bond acceptors (Lipinski definition) is 5. The molecular weight excluding hydrogens is 416 g/mol. The molecule has 2 aromatic heterocycles. The maximum atomic E-state index is 13.1. The van der Waals surface area contributed by atoms with Gasteiger partial charge < -0.3 is 18.8 Å². The van der Waals surface area contributed by atoms with Gasteiger partial charge in [0.1, 0.15) is 18.9 Å². The number of amides is 1. The summed E-state index contributed by atoms with van der Waals surface area (Å²) in [6, 6.07) is 9.56. The number of piperazine rings is 1. The molecule has 1 unspecified atom stereocenters. The Morgan fingerprint density at radius 1 is 1.06 bits per heavy atom. The number of carbonyl (C=O) groups is 1. The molecule has 1 aromatic carbocycles. The number of pyridine rings is 1. The van der Waals surface area contributed by atoms with Crippen LogP contribution in [0.1, 0.15) is 24.1 Å². The number of imidazole rings is 1. The minimum Gasteiger partial charge on any atom is -0.486 e. The molecule has 3 aromatic rings. The summed E-state index contributed by atoms with van der Waals surface area (Å²) in [6.45, 7) is 6.91. The maximum Gasteiger partial charge on any atom is 0.229 e. The summed E-state index contributed by atoms with van der Waals surface area (Å²) in [7, 11) is 0. The van der Waals surface area contributed by atoms with Gasteiger partial charge in [0, 0.05) is 45.1 Å². The molecule has 1 saturated heterocycles. The number of nitrogens with zero attached hydrogens (tertiary/aromatic N) is 4. The third-order valence-electron chi connectivity index (χ3n) is 5.97. The Bertz CT molecular complexity index is 1110. The summed E-state index contributed by atoms with van der Waals surface area (Å²) in [5.74, 6) is 1.41. The molecule has 0 saturated carbocycles. The van der Waals surface area contributed by atoms with E-state index >= 15 is 0 Å². The minimum absolute atomic E-state index is 0.152. The van der Waals surface area contributed by atoms with Gasteiger partial charge >= 0.3 is 0 Å². The monoisotopic (exact) mass is 440 g/mol. The van der Waals surface area contributed by atoms with Crippen molar-refractivity contribution in [3.05, 3.63) is 59.0 Å². The van der Waals surface area contributed by atoms with Crippen molar-refractivity contribution in [2.45, 2.75) is 19.4 Å². The van der Waals surface area contributed by atoms with Gasteiger partial charge in [-0.1, -0.05) is 17.7 Å². The van der Waals surface area contributed by atoms with Gasteiger partial charge in [0.2, 0.25) is 5.91 Å². The zero-order valence-electron chi connectivity index (χ0n) is 17.5. The van der Waals surface area contributed by atoms with Crippen LogP contribution >= 0.6 is 11.6 Å². The molecule has 2 aliphatic rings. The number of aromatic nitrogens is 2. The van der Waals surface area contributed by atoms with Gasteiger partial charge in [-0.15, -0.1) is 0 Å². The first-order valence-corrected chi connectivity index (χ1v) is 11.0. The molecule has 2 aliphatic heterocycles. The summed E-state index contributed by atoms with van der Waals surface area (Å²) in [5, 5.41) is 0.690. The molecule has 0 bridgehead atoms. The number of halogens is 1. The van der Waals surface area contributed by atoms with Gasteiger partial charge in [-0.2, -0.15) is 0 Å². The lowest BCUT2D eigenvalue weighted by molar-refractivity contribution is -0.134. The molecule has 1 amide bonds. The lowest BCUT2D eigenvalue weighted by atomic mass is 9.98. The van der Waals surface area contributed by atoms with Crippen molar-refractivity contribution in [2.24, 2.45) is 0 Å². The lowest BCUT2D eigenvalue weighted by Gasteiger charge is -2.35. The SMILES string of the molecule is CC(C(=O)N1CCN(Cc2cn3cc(Cl)ccc3n2)CC1)c1ccc2c(c1)OCCO2. The van der Waals surface area contributed by atoms with E-state index in [9.17, 15) is 4.79 Å². The van der Waals surface area contributed by atoms with Crippen LogP contribution in [0, 0.1) is 0 Å². The van der Waals surface area contributed by atoms with Crippen molar-refractivity contribution in [2.75, 3.05) is 39.4 Å². The standard InChI is InChI=1S/C23H25ClN4O3/c1-16(17-2-4-20-21(12-17)31-11-10-30-20)23(29)27-8-6-26(7-9-27)14-19-15-28-13-18(24)3-5-22(28)25-19/h2-5,12-13,15-16H,6-11,14H2,1H3. The Labute approximate surface area is 186 Å². The van der Waals surface area contributed by atoms with E-state index in [0.29, 0.717) is 31.3 Å². The highest BCUT2D eigenvalue weighted by Gasteiger charge is 2.27. The van der Waals surface area contributed by atoms with Crippen LogP contribution in [0.2, 0.25) is 5.02 Å². The second-order valence-electron chi connectivity index (χ2n) is 8.07. The fourth-order valence-corrected chi connectivity index (χ4v) is 4.36. The predicted octanol–water partition coefficient (Wildman–Crippen LogP) is 3.21. The molecule has 31 heavy (non-hydrogen) atoms. The number of rotatable bonds is 4. The molecular formula is C23H25ClN4O3. The number of benzene rings is 1. The summed E-state index contributed by atoms with van der Waals surface area (Å²) in [6.07, 6.45) is 3.88. The Balaban J connectivity index is 1.19. The smallest absolute Gasteiger partial charge is 0.229 e. The molecule has 5 rings (SSSR count). The number of carbonyl (C=O) groups excluding carboxylic acids is 1.